The molecule has 2 aromatic rings. The number of aromatic nitrogens is 2. The van der Waals surface area contributed by atoms with Crippen molar-refractivity contribution in [3.8, 4) is 5.69 Å². The molecule has 8 heteroatoms. The van der Waals surface area contributed by atoms with Crippen molar-refractivity contribution >= 4 is 34.8 Å². The summed E-state index contributed by atoms with van der Waals surface area (Å²) in [5.41, 5.74) is -1.31. The van der Waals surface area contributed by atoms with Crippen LogP contribution in [0.25, 0.3) is 5.69 Å². The highest BCUT2D eigenvalue weighted by molar-refractivity contribution is 6.37. The molecular formula is C13H10Cl3FN2O2. The Kier molecular flexibility index (Phi) is 4.46. The number of nitrogens with one attached hydrogen (secondary N) is 1. The Morgan fingerprint density at radius 2 is 1.67 bits per heavy atom. The van der Waals surface area contributed by atoms with Crippen LogP contribution in [0, 0.1) is 5.82 Å². The fourth-order valence-electron chi connectivity index (χ4n) is 1.98. The summed E-state index contributed by atoms with van der Waals surface area (Å²) in [5, 5.41) is -0.333. The Morgan fingerprint density at radius 3 is 2.14 bits per heavy atom. The second kappa shape index (κ2) is 5.83. The number of nitrogens with zero attached hydrogens (tertiary/aromatic N) is 1. The number of H-pyrrole nitrogens is 1. The third-order valence-electron chi connectivity index (χ3n) is 2.87. The van der Waals surface area contributed by atoms with Crippen LogP contribution in [0.15, 0.2) is 21.7 Å². The fourth-order valence-corrected chi connectivity index (χ4v) is 2.98. The van der Waals surface area contributed by atoms with E-state index in [9.17, 15) is 14.0 Å². The van der Waals surface area contributed by atoms with Gasteiger partial charge in [0.1, 0.15) is 11.0 Å². The number of benzene rings is 1. The van der Waals surface area contributed by atoms with Gasteiger partial charge in [-0.3, -0.25) is 9.78 Å². The van der Waals surface area contributed by atoms with Crippen LogP contribution in [0.1, 0.15) is 25.3 Å². The van der Waals surface area contributed by atoms with Gasteiger partial charge in [0.15, 0.2) is 0 Å². The van der Waals surface area contributed by atoms with Crippen molar-refractivity contribution in [2.75, 3.05) is 0 Å². The van der Waals surface area contributed by atoms with E-state index in [1.165, 1.54) is 0 Å². The number of hydrogen-bond donors (Lipinski definition) is 1. The van der Waals surface area contributed by atoms with Crippen molar-refractivity contribution < 1.29 is 4.39 Å². The van der Waals surface area contributed by atoms with Crippen LogP contribution in [0.3, 0.4) is 0 Å². The van der Waals surface area contributed by atoms with Crippen LogP contribution in [0.5, 0.6) is 0 Å². The third-order valence-corrected chi connectivity index (χ3v) is 3.75. The van der Waals surface area contributed by atoms with E-state index in [1.807, 2.05) is 0 Å². The molecule has 0 atom stereocenters. The van der Waals surface area contributed by atoms with Crippen molar-refractivity contribution in [3.05, 3.63) is 59.5 Å². The Bertz CT molecular complexity index is 804. The lowest BCUT2D eigenvalue weighted by molar-refractivity contribution is 0.627. The molecule has 1 aromatic carbocycles. The molecule has 0 aliphatic heterocycles. The third kappa shape index (κ3) is 2.86. The number of aromatic amines is 1. The van der Waals surface area contributed by atoms with Gasteiger partial charge in [0.2, 0.25) is 0 Å². The summed E-state index contributed by atoms with van der Waals surface area (Å²) < 4.78 is 14.0. The molecule has 0 radical (unpaired) electrons. The van der Waals surface area contributed by atoms with Gasteiger partial charge in [-0.05, 0) is 18.1 Å². The molecule has 0 saturated carbocycles. The summed E-state index contributed by atoms with van der Waals surface area (Å²) in [7, 11) is 0. The van der Waals surface area contributed by atoms with Gasteiger partial charge in [0.05, 0.1) is 21.3 Å². The zero-order valence-electron chi connectivity index (χ0n) is 11.0. The predicted octanol–water partition coefficient (Wildman–Crippen LogP) is 3.75. The molecule has 4 nitrogen and oxygen atoms in total. The summed E-state index contributed by atoms with van der Waals surface area (Å²) in [6.07, 6.45) is 0. The second-order valence-corrected chi connectivity index (χ2v) is 5.86. The van der Waals surface area contributed by atoms with Crippen LogP contribution >= 0.6 is 34.8 Å². The predicted molar refractivity (Wildman–Crippen MR) is 81.7 cm³/mol. The summed E-state index contributed by atoms with van der Waals surface area (Å²) in [6.45, 7) is 3.50. The average Bonchev–Trinajstić information content (AvgIpc) is 2.30. The highest BCUT2D eigenvalue weighted by Crippen LogP contribution is 2.28. The molecule has 0 saturated heterocycles. The molecule has 1 heterocycles. The monoisotopic (exact) mass is 350 g/mol. The lowest BCUT2D eigenvalue weighted by Gasteiger charge is -2.13. The minimum Gasteiger partial charge on any atom is -0.297 e. The van der Waals surface area contributed by atoms with E-state index < -0.39 is 17.1 Å². The van der Waals surface area contributed by atoms with Gasteiger partial charge in [-0.1, -0.05) is 48.7 Å². The van der Waals surface area contributed by atoms with E-state index in [0.29, 0.717) is 0 Å². The minimum absolute atomic E-state index is 0.0365. The second-order valence-electron chi connectivity index (χ2n) is 4.67. The molecule has 0 amide bonds. The van der Waals surface area contributed by atoms with Crippen LogP contribution < -0.4 is 11.2 Å². The van der Waals surface area contributed by atoms with Crippen LogP contribution in [-0.4, -0.2) is 9.55 Å². The number of hydrogen-bond acceptors (Lipinski definition) is 2. The summed E-state index contributed by atoms with van der Waals surface area (Å²) in [5.74, 6) is -0.901. The summed E-state index contributed by atoms with van der Waals surface area (Å²) in [6, 6.07) is 1.94. The maximum absolute atomic E-state index is 13.2. The van der Waals surface area contributed by atoms with Gasteiger partial charge < -0.3 is 0 Å². The van der Waals surface area contributed by atoms with E-state index in [-0.39, 0.29) is 32.4 Å². The number of halogens is 4. The quantitative estimate of drug-likeness (QED) is 0.838. The first-order valence-corrected chi connectivity index (χ1v) is 7.07. The number of rotatable bonds is 2. The Hall–Kier alpha value is -1.30. The Labute approximate surface area is 134 Å². The molecule has 0 unspecified atom stereocenters. The lowest BCUT2D eigenvalue weighted by atomic mass is 10.1. The van der Waals surface area contributed by atoms with Crippen molar-refractivity contribution in [1.82, 2.24) is 9.55 Å². The maximum atomic E-state index is 13.2. The summed E-state index contributed by atoms with van der Waals surface area (Å²) >= 11 is 17.7. The lowest BCUT2D eigenvalue weighted by Crippen LogP contribution is -2.37. The van der Waals surface area contributed by atoms with Crippen molar-refractivity contribution in [1.29, 1.82) is 0 Å². The van der Waals surface area contributed by atoms with Gasteiger partial charge in [-0.2, -0.15) is 0 Å². The molecule has 1 N–H and O–H groups in total. The van der Waals surface area contributed by atoms with Gasteiger partial charge >= 0.3 is 5.69 Å². The molecular weight excluding hydrogens is 342 g/mol. The normalized spacial score (nSPS) is 11.2. The van der Waals surface area contributed by atoms with Gasteiger partial charge in [0.25, 0.3) is 5.56 Å². The molecule has 0 fully saturated rings. The van der Waals surface area contributed by atoms with E-state index in [4.69, 9.17) is 34.8 Å². The summed E-state index contributed by atoms with van der Waals surface area (Å²) in [4.78, 5) is 26.9. The SMILES string of the molecule is CC(C)c1c(Cl)[nH]c(=O)n(-c2c(Cl)cc(F)cc2Cl)c1=O. The van der Waals surface area contributed by atoms with E-state index in [1.54, 1.807) is 13.8 Å². The largest absolute Gasteiger partial charge is 0.334 e. The molecule has 0 aliphatic carbocycles. The Balaban J connectivity index is 2.93. The molecule has 0 aliphatic rings. The first kappa shape index (κ1) is 16.1. The first-order valence-electron chi connectivity index (χ1n) is 5.93. The molecule has 2 rings (SSSR count). The topological polar surface area (TPSA) is 54.9 Å². The van der Waals surface area contributed by atoms with Crippen LogP contribution in [0.2, 0.25) is 15.2 Å². The van der Waals surface area contributed by atoms with Crippen molar-refractivity contribution in [2.24, 2.45) is 0 Å². The van der Waals surface area contributed by atoms with E-state index >= 15 is 0 Å². The average molecular weight is 352 g/mol. The van der Waals surface area contributed by atoms with Crippen LogP contribution in [0.4, 0.5) is 4.39 Å². The van der Waals surface area contributed by atoms with Crippen LogP contribution in [-0.2, 0) is 0 Å². The Morgan fingerprint density at radius 1 is 1.14 bits per heavy atom. The fraction of sp³-hybridized carbons (Fsp3) is 0.231. The van der Waals surface area contributed by atoms with E-state index in [2.05, 4.69) is 4.98 Å². The molecule has 21 heavy (non-hydrogen) atoms. The minimum atomic E-state index is -0.801. The molecule has 112 valence electrons. The molecule has 1 aromatic heterocycles. The smallest absolute Gasteiger partial charge is 0.297 e. The zero-order chi connectivity index (χ0) is 15.9. The van der Waals surface area contributed by atoms with Gasteiger partial charge in [0, 0.05) is 0 Å². The first-order chi connectivity index (χ1) is 9.73. The highest BCUT2D eigenvalue weighted by atomic mass is 35.5. The van der Waals surface area contributed by atoms with Crippen molar-refractivity contribution in [2.45, 2.75) is 19.8 Å². The van der Waals surface area contributed by atoms with Gasteiger partial charge in [-0.25, -0.2) is 13.8 Å². The maximum Gasteiger partial charge on any atom is 0.334 e. The van der Waals surface area contributed by atoms with Crippen molar-refractivity contribution in [3.63, 3.8) is 0 Å². The molecule has 0 bridgehead atoms. The van der Waals surface area contributed by atoms with Gasteiger partial charge in [-0.15, -0.1) is 0 Å². The highest BCUT2D eigenvalue weighted by Gasteiger charge is 2.20. The van der Waals surface area contributed by atoms with E-state index in [0.717, 1.165) is 16.7 Å². The molecule has 0 spiro atoms. The zero-order valence-corrected chi connectivity index (χ0v) is 13.3. The standard InChI is InChI=1S/C13H10Cl3FN2O2/c1-5(2)9-11(16)18-13(21)19(12(9)20)10-7(14)3-6(17)4-8(10)15/h3-5H,1-2H3,(H,18,21).